The van der Waals surface area contributed by atoms with E-state index >= 15 is 0 Å². The van der Waals surface area contributed by atoms with Crippen LogP contribution in [0.4, 0.5) is 5.00 Å². The van der Waals surface area contributed by atoms with Gasteiger partial charge >= 0.3 is 5.97 Å². The number of anilines is 1. The number of methoxy groups -OCH3 is 1. The van der Waals surface area contributed by atoms with E-state index in [9.17, 15) is 22.8 Å². The molecule has 12 heteroatoms. The molecule has 10 nitrogen and oxygen atoms in total. The molecule has 0 atom stereocenters. The van der Waals surface area contributed by atoms with E-state index in [2.05, 4.69) is 5.32 Å². The van der Waals surface area contributed by atoms with Crippen LogP contribution in [0.25, 0.3) is 0 Å². The van der Waals surface area contributed by atoms with Crippen molar-refractivity contribution in [2.75, 3.05) is 59.2 Å². The quantitative estimate of drug-likeness (QED) is 0.551. The topological polar surface area (TPSA) is 116 Å². The summed E-state index contributed by atoms with van der Waals surface area (Å²) in [5.74, 6) is -1.28. The predicted molar refractivity (Wildman–Crippen MR) is 133 cm³/mol. The first kappa shape index (κ1) is 26.8. The number of piperazine rings is 1. The zero-order valence-corrected chi connectivity index (χ0v) is 22.1. The Morgan fingerprint density at radius 1 is 1.06 bits per heavy atom. The molecule has 1 saturated heterocycles. The van der Waals surface area contributed by atoms with Gasteiger partial charge < -0.3 is 15.0 Å². The van der Waals surface area contributed by atoms with Crippen LogP contribution >= 0.6 is 11.3 Å². The van der Waals surface area contributed by atoms with Crippen molar-refractivity contribution in [3.63, 3.8) is 0 Å². The summed E-state index contributed by atoms with van der Waals surface area (Å²) >= 11 is 1.03. The highest BCUT2D eigenvalue weighted by atomic mass is 32.2. The lowest BCUT2D eigenvalue weighted by molar-refractivity contribution is -0.117. The van der Waals surface area contributed by atoms with Crippen molar-refractivity contribution < 1.29 is 27.5 Å². The number of thiophene rings is 1. The molecular formula is C23H30N4O6S2. The molecule has 1 N–H and O–H groups in total. The zero-order valence-electron chi connectivity index (χ0n) is 20.5. The van der Waals surface area contributed by atoms with E-state index in [4.69, 9.17) is 4.74 Å². The number of sulfonamides is 1. The summed E-state index contributed by atoms with van der Waals surface area (Å²) in [5.41, 5.74) is 1.59. The van der Waals surface area contributed by atoms with Crippen molar-refractivity contribution in [3.05, 3.63) is 45.8 Å². The molecule has 0 bridgehead atoms. The Balaban J connectivity index is 1.66. The SMILES string of the molecule is COC(=O)c1c(NC(=O)CN2CCN(S(=O)(=O)c3ccc(C)cc3)CC2)sc(C(=O)N(C)C)c1C. The van der Waals surface area contributed by atoms with E-state index in [0.717, 1.165) is 16.9 Å². The van der Waals surface area contributed by atoms with Gasteiger partial charge in [0.25, 0.3) is 5.91 Å². The van der Waals surface area contributed by atoms with Gasteiger partial charge in [-0.1, -0.05) is 17.7 Å². The molecule has 1 aliphatic heterocycles. The Bertz CT molecular complexity index is 1210. The molecule has 1 fully saturated rings. The molecule has 190 valence electrons. The van der Waals surface area contributed by atoms with Crippen LogP contribution in [-0.4, -0.2) is 94.2 Å². The maximum atomic E-state index is 12.9. The molecule has 0 unspecified atom stereocenters. The number of carbonyl (C=O) groups excluding carboxylic acids is 3. The molecule has 0 aliphatic carbocycles. The largest absolute Gasteiger partial charge is 0.465 e. The van der Waals surface area contributed by atoms with Crippen LogP contribution in [0.15, 0.2) is 29.2 Å². The average molecular weight is 523 g/mol. The van der Waals surface area contributed by atoms with Crippen LogP contribution in [0.2, 0.25) is 0 Å². The molecule has 35 heavy (non-hydrogen) atoms. The number of carbonyl (C=O) groups is 3. The number of benzene rings is 1. The summed E-state index contributed by atoms with van der Waals surface area (Å²) in [7, 11) is 0.859. The minimum Gasteiger partial charge on any atom is -0.465 e. The van der Waals surface area contributed by atoms with E-state index in [-0.39, 0.29) is 46.9 Å². The number of hydrogen-bond acceptors (Lipinski definition) is 8. The highest BCUT2D eigenvalue weighted by molar-refractivity contribution is 7.89. The van der Waals surface area contributed by atoms with Crippen molar-refractivity contribution >= 4 is 44.1 Å². The van der Waals surface area contributed by atoms with Crippen molar-refractivity contribution in [1.29, 1.82) is 0 Å². The third-order valence-corrected chi connectivity index (χ3v) is 8.86. The number of aryl methyl sites for hydroxylation is 1. The van der Waals surface area contributed by atoms with Gasteiger partial charge in [0, 0.05) is 40.3 Å². The summed E-state index contributed by atoms with van der Waals surface area (Å²) in [6, 6.07) is 6.73. The molecule has 2 aromatic rings. The summed E-state index contributed by atoms with van der Waals surface area (Å²) < 4.78 is 32.0. The first-order valence-electron chi connectivity index (χ1n) is 11.0. The average Bonchev–Trinajstić information content (AvgIpc) is 3.13. The smallest absolute Gasteiger partial charge is 0.341 e. The molecule has 1 aromatic heterocycles. The molecule has 2 amide bonds. The van der Waals surface area contributed by atoms with Gasteiger partial charge in [-0.3, -0.25) is 14.5 Å². The summed E-state index contributed by atoms with van der Waals surface area (Å²) in [4.78, 5) is 41.4. The lowest BCUT2D eigenvalue weighted by Crippen LogP contribution is -2.50. The van der Waals surface area contributed by atoms with Crippen LogP contribution in [0.3, 0.4) is 0 Å². The van der Waals surface area contributed by atoms with E-state index < -0.39 is 16.0 Å². The first-order chi connectivity index (χ1) is 16.4. The molecule has 1 aromatic carbocycles. The Hall–Kier alpha value is -2.80. The molecule has 0 saturated carbocycles. The highest BCUT2D eigenvalue weighted by Gasteiger charge is 2.30. The van der Waals surface area contributed by atoms with Gasteiger partial charge in [-0.05, 0) is 31.5 Å². The second-order valence-electron chi connectivity index (χ2n) is 8.49. The number of nitrogens with one attached hydrogen (secondary N) is 1. The number of esters is 1. The Labute approximate surface area is 209 Å². The van der Waals surface area contributed by atoms with Crippen molar-refractivity contribution in [2.45, 2.75) is 18.7 Å². The fourth-order valence-corrected chi connectivity index (χ4v) is 6.37. The van der Waals surface area contributed by atoms with E-state index in [1.54, 1.807) is 45.3 Å². The molecule has 3 rings (SSSR count). The Morgan fingerprint density at radius 2 is 1.66 bits per heavy atom. The van der Waals surface area contributed by atoms with Gasteiger partial charge in [0.1, 0.15) is 5.00 Å². The fraction of sp³-hybridized carbons (Fsp3) is 0.435. The number of ether oxygens (including phenoxy) is 1. The van der Waals surface area contributed by atoms with Crippen LogP contribution in [-0.2, 0) is 19.6 Å². The van der Waals surface area contributed by atoms with Gasteiger partial charge in [-0.15, -0.1) is 11.3 Å². The number of nitrogens with zero attached hydrogens (tertiary/aromatic N) is 3. The predicted octanol–water partition coefficient (Wildman–Crippen LogP) is 1.80. The van der Waals surface area contributed by atoms with E-state index in [0.29, 0.717) is 23.5 Å². The van der Waals surface area contributed by atoms with Crippen molar-refractivity contribution in [2.24, 2.45) is 0 Å². The second kappa shape index (κ2) is 10.9. The van der Waals surface area contributed by atoms with Crippen LogP contribution in [0.5, 0.6) is 0 Å². The normalized spacial score (nSPS) is 15.0. The van der Waals surface area contributed by atoms with Crippen molar-refractivity contribution in [1.82, 2.24) is 14.1 Å². The number of hydrogen-bond donors (Lipinski definition) is 1. The number of rotatable bonds is 7. The fourth-order valence-electron chi connectivity index (χ4n) is 3.71. The standard InChI is InChI=1S/C23H30N4O6S2/c1-15-6-8-17(9-7-15)35(31,32)27-12-10-26(11-13-27)14-18(28)24-21-19(23(30)33-5)16(2)20(34-21)22(29)25(3)4/h6-9H,10-14H2,1-5H3,(H,24,28). The van der Waals surface area contributed by atoms with Gasteiger partial charge in [0.2, 0.25) is 15.9 Å². The molecule has 0 radical (unpaired) electrons. The lowest BCUT2D eigenvalue weighted by atomic mass is 10.1. The summed E-state index contributed by atoms with van der Waals surface area (Å²) in [5, 5.41) is 2.99. The van der Waals surface area contributed by atoms with Crippen LogP contribution in [0, 0.1) is 13.8 Å². The minimum atomic E-state index is -3.59. The van der Waals surface area contributed by atoms with Gasteiger partial charge in [0.15, 0.2) is 0 Å². The lowest BCUT2D eigenvalue weighted by Gasteiger charge is -2.33. The third-order valence-electron chi connectivity index (χ3n) is 5.75. The summed E-state index contributed by atoms with van der Waals surface area (Å²) in [6.45, 7) is 4.85. The van der Waals surface area contributed by atoms with E-state index in [1.165, 1.54) is 16.3 Å². The van der Waals surface area contributed by atoms with Crippen LogP contribution < -0.4 is 5.32 Å². The summed E-state index contributed by atoms with van der Waals surface area (Å²) in [6.07, 6.45) is 0. The van der Waals surface area contributed by atoms with Crippen LogP contribution in [0.1, 0.15) is 31.2 Å². The maximum Gasteiger partial charge on any atom is 0.341 e. The van der Waals surface area contributed by atoms with Gasteiger partial charge in [0.05, 0.1) is 29.0 Å². The minimum absolute atomic E-state index is 0.0208. The third kappa shape index (κ3) is 5.89. The second-order valence-corrected chi connectivity index (χ2v) is 11.5. The molecule has 2 heterocycles. The van der Waals surface area contributed by atoms with Gasteiger partial charge in [-0.2, -0.15) is 4.31 Å². The highest BCUT2D eigenvalue weighted by Crippen LogP contribution is 2.34. The maximum absolute atomic E-state index is 12.9. The zero-order chi connectivity index (χ0) is 25.9. The Kier molecular flexibility index (Phi) is 8.31. The van der Waals surface area contributed by atoms with Crippen molar-refractivity contribution in [3.8, 4) is 0 Å². The van der Waals surface area contributed by atoms with Gasteiger partial charge in [-0.25, -0.2) is 13.2 Å². The first-order valence-corrected chi connectivity index (χ1v) is 13.2. The Morgan fingerprint density at radius 3 is 2.20 bits per heavy atom. The van der Waals surface area contributed by atoms with E-state index in [1.807, 2.05) is 11.8 Å². The number of amides is 2. The monoisotopic (exact) mass is 522 g/mol. The molecule has 1 aliphatic rings. The molecular weight excluding hydrogens is 492 g/mol. The molecule has 0 spiro atoms.